The molecule has 0 radical (unpaired) electrons. The number of hydrogen-bond donors (Lipinski definition) is 1. The largest absolute Gasteiger partial charge is 0.481 e. The predicted octanol–water partition coefficient (Wildman–Crippen LogP) is 0.641. The molecule has 5 nitrogen and oxygen atoms in total. The Labute approximate surface area is 80.4 Å². The Morgan fingerprint density at radius 2 is 1.86 bits per heavy atom. The van der Waals surface area contributed by atoms with Gasteiger partial charge < -0.3 is 9.84 Å². The second kappa shape index (κ2) is 4.04. The van der Waals surface area contributed by atoms with E-state index in [0.717, 1.165) is 0 Å². The molecular weight excluding hydrogens is 188 g/mol. The van der Waals surface area contributed by atoms with Crippen molar-refractivity contribution in [2.75, 3.05) is 0 Å². The fraction of sp³-hybridized carbons (Fsp3) is 0.444. The third-order valence-electron chi connectivity index (χ3n) is 1.87. The monoisotopic (exact) mass is 198 g/mol. The summed E-state index contributed by atoms with van der Waals surface area (Å²) in [5, 5.41) is 8.51. The summed E-state index contributed by atoms with van der Waals surface area (Å²) in [4.78, 5) is 32.5. The first kappa shape index (κ1) is 10.4. The molecule has 1 aliphatic heterocycles. The summed E-state index contributed by atoms with van der Waals surface area (Å²) in [5.41, 5.74) is 0.198. The topological polar surface area (TPSA) is 80.7 Å². The lowest BCUT2D eigenvalue weighted by atomic mass is 10.0. The Morgan fingerprint density at radius 3 is 2.36 bits per heavy atom. The molecular formula is C9H10O5. The van der Waals surface area contributed by atoms with Crippen molar-refractivity contribution in [2.24, 2.45) is 0 Å². The Kier molecular flexibility index (Phi) is 3.01. The molecule has 5 heteroatoms. The molecule has 1 N–H and O–H groups in total. The van der Waals surface area contributed by atoms with Crippen LogP contribution < -0.4 is 0 Å². The molecule has 0 atom stereocenters. The molecule has 1 heterocycles. The van der Waals surface area contributed by atoms with Crippen LogP contribution in [0, 0.1) is 0 Å². The minimum absolute atomic E-state index is 0.00986. The van der Waals surface area contributed by atoms with Gasteiger partial charge in [-0.15, -0.1) is 0 Å². The van der Waals surface area contributed by atoms with Crippen molar-refractivity contribution >= 4 is 17.9 Å². The quantitative estimate of drug-likeness (QED) is 0.529. The number of aliphatic carboxylic acids is 1. The van der Waals surface area contributed by atoms with Crippen molar-refractivity contribution in [2.45, 2.75) is 26.2 Å². The number of rotatable bonds is 4. The molecule has 0 spiro atoms. The number of carboxylic acid groups (broad SMARTS) is 1. The summed E-state index contributed by atoms with van der Waals surface area (Å²) in [6.07, 6.45) is 0.605. The number of carbonyl (C=O) groups is 3. The summed E-state index contributed by atoms with van der Waals surface area (Å²) >= 11 is 0. The molecule has 1 aliphatic rings. The third-order valence-corrected chi connectivity index (χ3v) is 1.87. The molecule has 0 aromatic carbocycles. The van der Waals surface area contributed by atoms with Crippen LogP contribution in [0.1, 0.15) is 26.2 Å². The van der Waals surface area contributed by atoms with E-state index in [1.807, 2.05) is 6.92 Å². The van der Waals surface area contributed by atoms with E-state index < -0.39 is 24.3 Å². The molecule has 0 amide bonds. The van der Waals surface area contributed by atoms with E-state index in [1.165, 1.54) is 0 Å². The van der Waals surface area contributed by atoms with Gasteiger partial charge in [0.15, 0.2) is 0 Å². The SMILES string of the molecule is CCCC1=C(CC(=O)O)C(=O)OC1=O. The molecule has 0 saturated carbocycles. The maximum atomic E-state index is 11.1. The molecule has 1 rings (SSSR count). The van der Waals surface area contributed by atoms with Crippen molar-refractivity contribution < 1.29 is 24.2 Å². The molecule has 76 valence electrons. The lowest BCUT2D eigenvalue weighted by Crippen LogP contribution is -2.05. The highest BCUT2D eigenvalue weighted by Crippen LogP contribution is 2.23. The molecule has 0 saturated heterocycles. The number of hydrogen-bond acceptors (Lipinski definition) is 4. The zero-order valence-corrected chi connectivity index (χ0v) is 7.70. The van der Waals surface area contributed by atoms with Gasteiger partial charge in [-0.05, 0) is 6.42 Å². The van der Waals surface area contributed by atoms with E-state index >= 15 is 0 Å². The predicted molar refractivity (Wildman–Crippen MR) is 45.3 cm³/mol. The van der Waals surface area contributed by atoms with Crippen LogP contribution in [0.5, 0.6) is 0 Å². The summed E-state index contributed by atoms with van der Waals surface area (Å²) in [6.45, 7) is 1.83. The summed E-state index contributed by atoms with van der Waals surface area (Å²) in [5.74, 6) is -2.66. The molecule has 0 unspecified atom stereocenters. The van der Waals surface area contributed by atoms with Gasteiger partial charge in [0.2, 0.25) is 0 Å². The highest BCUT2D eigenvalue weighted by molar-refractivity contribution is 6.13. The van der Waals surface area contributed by atoms with Gasteiger partial charge >= 0.3 is 17.9 Å². The molecule has 14 heavy (non-hydrogen) atoms. The van der Waals surface area contributed by atoms with Gasteiger partial charge in [0.1, 0.15) is 0 Å². The van der Waals surface area contributed by atoms with Crippen LogP contribution in [0.4, 0.5) is 0 Å². The smallest absolute Gasteiger partial charge is 0.343 e. The van der Waals surface area contributed by atoms with E-state index in [4.69, 9.17) is 5.11 Å². The Balaban J connectivity index is 2.95. The highest BCUT2D eigenvalue weighted by Gasteiger charge is 2.32. The van der Waals surface area contributed by atoms with E-state index in [9.17, 15) is 14.4 Å². The van der Waals surface area contributed by atoms with Crippen molar-refractivity contribution in [3.05, 3.63) is 11.1 Å². The first-order valence-corrected chi connectivity index (χ1v) is 4.26. The van der Waals surface area contributed by atoms with E-state index in [0.29, 0.717) is 12.8 Å². The first-order valence-electron chi connectivity index (χ1n) is 4.26. The van der Waals surface area contributed by atoms with E-state index in [2.05, 4.69) is 4.74 Å². The van der Waals surface area contributed by atoms with Crippen molar-refractivity contribution in [1.29, 1.82) is 0 Å². The zero-order chi connectivity index (χ0) is 10.7. The molecule has 0 fully saturated rings. The molecule has 0 aliphatic carbocycles. The average Bonchev–Trinajstić information content (AvgIpc) is 2.31. The molecule has 0 bridgehead atoms. The lowest BCUT2D eigenvalue weighted by molar-refractivity contribution is -0.152. The fourth-order valence-corrected chi connectivity index (χ4v) is 1.29. The Hall–Kier alpha value is -1.65. The van der Waals surface area contributed by atoms with Gasteiger partial charge in [0.05, 0.1) is 12.0 Å². The number of carbonyl (C=O) groups excluding carboxylic acids is 2. The van der Waals surface area contributed by atoms with Gasteiger partial charge in [0, 0.05) is 5.57 Å². The zero-order valence-electron chi connectivity index (χ0n) is 7.70. The summed E-state index contributed by atoms with van der Waals surface area (Å²) in [6, 6.07) is 0. The minimum Gasteiger partial charge on any atom is -0.481 e. The van der Waals surface area contributed by atoms with Crippen LogP contribution in [0.25, 0.3) is 0 Å². The van der Waals surface area contributed by atoms with E-state index in [1.54, 1.807) is 0 Å². The maximum absolute atomic E-state index is 11.1. The number of cyclic esters (lactones) is 2. The van der Waals surface area contributed by atoms with Gasteiger partial charge in [-0.3, -0.25) is 4.79 Å². The van der Waals surface area contributed by atoms with Gasteiger partial charge in [-0.25, -0.2) is 9.59 Å². The number of ether oxygens (including phenoxy) is 1. The van der Waals surface area contributed by atoms with Crippen LogP contribution in [0.15, 0.2) is 11.1 Å². The van der Waals surface area contributed by atoms with Crippen molar-refractivity contribution in [1.82, 2.24) is 0 Å². The maximum Gasteiger partial charge on any atom is 0.343 e. The van der Waals surface area contributed by atoms with Crippen LogP contribution in [-0.2, 0) is 19.1 Å². The van der Waals surface area contributed by atoms with Gasteiger partial charge in [-0.2, -0.15) is 0 Å². The summed E-state index contributed by atoms with van der Waals surface area (Å²) < 4.78 is 4.32. The standard InChI is InChI=1S/C9H10O5/c1-2-3-5-6(4-7(10)11)9(13)14-8(5)12/h2-4H2,1H3,(H,10,11). The third kappa shape index (κ3) is 1.99. The second-order valence-corrected chi connectivity index (χ2v) is 2.95. The van der Waals surface area contributed by atoms with E-state index in [-0.39, 0.29) is 11.1 Å². The summed E-state index contributed by atoms with van der Waals surface area (Å²) in [7, 11) is 0. The van der Waals surface area contributed by atoms with Gasteiger partial charge in [-0.1, -0.05) is 13.3 Å². The number of esters is 2. The number of carboxylic acids is 1. The van der Waals surface area contributed by atoms with Crippen LogP contribution >= 0.6 is 0 Å². The van der Waals surface area contributed by atoms with Gasteiger partial charge in [0.25, 0.3) is 0 Å². The molecule has 0 aromatic heterocycles. The van der Waals surface area contributed by atoms with Crippen LogP contribution in [0.2, 0.25) is 0 Å². The molecule has 0 aromatic rings. The van der Waals surface area contributed by atoms with Crippen LogP contribution in [0.3, 0.4) is 0 Å². The Bertz CT molecular complexity index is 326. The fourth-order valence-electron chi connectivity index (χ4n) is 1.29. The minimum atomic E-state index is -1.14. The van der Waals surface area contributed by atoms with Crippen molar-refractivity contribution in [3.63, 3.8) is 0 Å². The van der Waals surface area contributed by atoms with Crippen molar-refractivity contribution in [3.8, 4) is 0 Å². The lowest BCUT2D eigenvalue weighted by Gasteiger charge is -1.96. The second-order valence-electron chi connectivity index (χ2n) is 2.95. The van der Waals surface area contributed by atoms with Crippen LogP contribution in [-0.4, -0.2) is 23.0 Å². The average molecular weight is 198 g/mol. The normalized spacial score (nSPS) is 16.1. The Morgan fingerprint density at radius 1 is 1.29 bits per heavy atom. The highest BCUT2D eigenvalue weighted by atomic mass is 16.6. The first-order chi connectivity index (χ1) is 6.56.